The Bertz CT molecular complexity index is 1710. The second kappa shape index (κ2) is 25.4. The normalized spacial score (nSPS) is 52.9. The summed E-state index contributed by atoms with van der Waals surface area (Å²) in [5, 5.41) is 189. The standard InChI is InChI=1S/C42H70O32/c1-2-18(61-10-11-9-60-11)68-36-29(59)42-67-17(8-48)35(36)74-41-28(58)23(53)33(15(6-46)66-41)72-39-26(56)21(51)31(13(4-44)64-39)70-37-24(54)19(49)30(12(3-43)62-37)69-38-25(55)20(50)32(14(5-45)63-38)71-40-27(57)22(52)34(73-42)16(7-47)65-40/h11-59H,2-10H2,1H3/t11?,12-,13-,14-,15-,16-,17-,18?,19-,20-,21-,22-,23-,24-,25-,26-,27-,28-,29-,30-,31-,32-,33-,34-,35+,36-,37-,38-,39-,40-,41-,42-/m1/s1. The molecule has 0 aromatic heterocycles. The molecule has 74 heavy (non-hydrogen) atoms. The Morgan fingerprint density at radius 1 is 0.351 bits per heavy atom. The summed E-state index contributed by atoms with van der Waals surface area (Å²) in [7, 11) is 0. The molecule has 0 aromatic rings. The van der Waals surface area contributed by atoms with Gasteiger partial charge in [-0.15, -0.1) is 0 Å². The summed E-state index contributed by atoms with van der Waals surface area (Å²) in [5.74, 6) is 0. The van der Waals surface area contributed by atoms with Gasteiger partial charge in [-0.1, -0.05) is 6.92 Å². The molecule has 0 saturated carbocycles. The van der Waals surface area contributed by atoms with Gasteiger partial charge in [-0.2, -0.15) is 0 Å². The molecule has 23 rings (SSSR count). The first-order valence-corrected chi connectivity index (χ1v) is 24.3. The third-order valence-electron chi connectivity index (χ3n) is 14.2. The number of aliphatic hydroxyl groups excluding tert-OH is 17. The molecule has 32 heteroatoms. The van der Waals surface area contributed by atoms with Gasteiger partial charge in [0, 0.05) is 0 Å². The van der Waals surface area contributed by atoms with Crippen LogP contribution in [0, 0.1) is 0 Å². The Morgan fingerprint density at radius 3 is 0.838 bits per heavy atom. The first-order valence-electron chi connectivity index (χ1n) is 24.3. The number of aliphatic hydroxyl groups is 17. The Hall–Kier alpha value is -1.28. The highest BCUT2D eigenvalue weighted by Crippen LogP contribution is 2.39. The fourth-order valence-corrected chi connectivity index (χ4v) is 9.88. The van der Waals surface area contributed by atoms with Crippen molar-refractivity contribution in [3.05, 3.63) is 0 Å². The van der Waals surface area contributed by atoms with Crippen molar-refractivity contribution < 1.29 is 158 Å². The summed E-state index contributed by atoms with van der Waals surface area (Å²) in [5.41, 5.74) is 0. The van der Waals surface area contributed by atoms with Gasteiger partial charge >= 0.3 is 0 Å². The van der Waals surface area contributed by atoms with E-state index in [4.69, 9.17) is 71.1 Å². The number of ether oxygens (including phenoxy) is 15. The van der Waals surface area contributed by atoms with Gasteiger partial charge in [0.25, 0.3) is 0 Å². The van der Waals surface area contributed by atoms with Gasteiger partial charge < -0.3 is 158 Å². The Morgan fingerprint density at radius 2 is 0.595 bits per heavy atom. The van der Waals surface area contributed by atoms with E-state index in [9.17, 15) is 86.8 Å². The van der Waals surface area contributed by atoms with Crippen LogP contribution in [0.5, 0.6) is 0 Å². The van der Waals surface area contributed by atoms with Crippen molar-refractivity contribution in [2.75, 3.05) is 52.9 Å². The minimum Gasteiger partial charge on any atom is -0.394 e. The molecule has 32 atom stereocenters. The fourth-order valence-electron chi connectivity index (χ4n) is 9.88. The van der Waals surface area contributed by atoms with E-state index in [1.54, 1.807) is 6.92 Å². The van der Waals surface area contributed by atoms with Crippen molar-refractivity contribution in [2.45, 2.75) is 210 Å². The maximum absolute atomic E-state index is 12.0. The highest BCUT2D eigenvalue weighted by atomic mass is 16.8. The van der Waals surface area contributed by atoms with Gasteiger partial charge in [0.15, 0.2) is 44.0 Å². The van der Waals surface area contributed by atoms with E-state index in [0.29, 0.717) is 6.61 Å². The van der Waals surface area contributed by atoms with E-state index in [1.165, 1.54) is 0 Å². The van der Waals surface area contributed by atoms with Gasteiger partial charge in [-0.3, -0.25) is 0 Å². The smallest absolute Gasteiger partial charge is 0.187 e. The summed E-state index contributed by atoms with van der Waals surface area (Å²) in [6.45, 7) is -3.85. The first kappa shape index (κ1) is 58.9. The van der Waals surface area contributed by atoms with Crippen LogP contribution in [0.25, 0.3) is 0 Å². The van der Waals surface area contributed by atoms with Crippen LogP contribution in [-0.4, -0.2) is 336 Å². The van der Waals surface area contributed by atoms with Crippen LogP contribution in [0.1, 0.15) is 13.3 Å². The lowest BCUT2D eigenvalue weighted by Crippen LogP contribution is -2.69. The van der Waals surface area contributed by atoms with Crippen LogP contribution in [0.15, 0.2) is 0 Å². The zero-order chi connectivity index (χ0) is 53.4. The van der Waals surface area contributed by atoms with Crippen molar-refractivity contribution in [1.82, 2.24) is 0 Å². The summed E-state index contributed by atoms with van der Waals surface area (Å²) < 4.78 is 87.0. The average molecular weight is 1090 g/mol. The maximum atomic E-state index is 12.0. The zero-order valence-corrected chi connectivity index (χ0v) is 39.6. The molecule has 2 unspecified atom stereocenters. The van der Waals surface area contributed by atoms with E-state index in [2.05, 4.69) is 0 Å². The largest absolute Gasteiger partial charge is 0.394 e. The molecule has 0 aromatic carbocycles. The van der Waals surface area contributed by atoms with E-state index < -0.39 is 230 Å². The van der Waals surface area contributed by atoms with Crippen LogP contribution in [-0.2, 0) is 71.1 Å². The molecule has 0 radical (unpaired) electrons. The van der Waals surface area contributed by atoms with Crippen molar-refractivity contribution in [2.24, 2.45) is 0 Å². The van der Waals surface area contributed by atoms with Crippen LogP contribution in [0.4, 0.5) is 0 Å². The quantitative estimate of drug-likeness (QED) is 0.0637. The molecule has 32 nitrogen and oxygen atoms in total. The van der Waals surface area contributed by atoms with E-state index in [1.807, 2.05) is 0 Å². The van der Waals surface area contributed by atoms with E-state index in [-0.39, 0.29) is 19.1 Å². The number of epoxide rings is 1. The van der Waals surface area contributed by atoms with Crippen molar-refractivity contribution in [3.63, 3.8) is 0 Å². The number of rotatable bonds is 12. The van der Waals surface area contributed by atoms with E-state index >= 15 is 0 Å². The maximum Gasteiger partial charge on any atom is 0.187 e. The lowest BCUT2D eigenvalue weighted by molar-refractivity contribution is -0.407. The fraction of sp³-hybridized carbons (Fsp3) is 1.00. The molecule has 0 spiro atoms. The molecule has 23 saturated heterocycles. The van der Waals surface area contributed by atoms with E-state index in [0.717, 1.165) is 0 Å². The third-order valence-corrected chi connectivity index (χ3v) is 14.2. The molecular weight excluding hydrogens is 1020 g/mol. The molecule has 430 valence electrons. The molecule has 12 bridgehead atoms. The monoisotopic (exact) mass is 1090 g/mol. The lowest BCUT2D eigenvalue weighted by atomic mass is 9.94. The molecular formula is C42H70O32. The lowest BCUT2D eigenvalue weighted by Gasteiger charge is -2.51. The van der Waals surface area contributed by atoms with Crippen LogP contribution in [0.3, 0.4) is 0 Å². The minimum atomic E-state index is -2.15. The Kier molecular flexibility index (Phi) is 20.2. The average Bonchev–Trinajstić information content (AvgIpc) is 4.24. The van der Waals surface area contributed by atoms with Crippen molar-refractivity contribution in [3.8, 4) is 0 Å². The van der Waals surface area contributed by atoms with Gasteiger partial charge in [0.2, 0.25) is 0 Å². The molecule has 23 fully saturated rings. The predicted molar refractivity (Wildman–Crippen MR) is 224 cm³/mol. The van der Waals surface area contributed by atoms with Crippen LogP contribution < -0.4 is 0 Å². The highest BCUT2D eigenvalue weighted by Gasteiger charge is 2.59. The molecule has 23 heterocycles. The van der Waals surface area contributed by atoms with Gasteiger partial charge in [-0.05, 0) is 6.42 Å². The second-order valence-electron chi connectivity index (χ2n) is 19.1. The predicted octanol–water partition coefficient (Wildman–Crippen LogP) is -11.9. The van der Waals surface area contributed by atoms with Crippen LogP contribution >= 0.6 is 0 Å². The first-order chi connectivity index (χ1) is 35.4. The molecule has 23 aliphatic rings. The molecule has 0 amide bonds. The number of hydrogen-bond donors (Lipinski definition) is 17. The molecule has 23 aliphatic heterocycles. The van der Waals surface area contributed by atoms with Gasteiger partial charge in [-0.25, -0.2) is 0 Å². The summed E-state index contributed by atoms with van der Waals surface area (Å²) in [6.07, 6.45) is -59.1. The van der Waals surface area contributed by atoms with Gasteiger partial charge in [0.1, 0.15) is 153 Å². The number of hydrogen-bond acceptors (Lipinski definition) is 32. The summed E-state index contributed by atoms with van der Waals surface area (Å²) in [4.78, 5) is 0. The Balaban J connectivity index is 1.12. The minimum absolute atomic E-state index is 0.0427. The highest BCUT2D eigenvalue weighted by molar-refractivity contribution is 5.01. The Labute approximate surface area is 420 Å². The second-order valence-corrected chi connectivity index (χ2v) is 19.1. The zero-order valence-electron chi connectivity index (χ0n) is 39.6. The van der Waals surface area contributed by atoms with Gasteiger partial charge in [0.05, 0.1) is 52.9 Å². The summed E-state index contributed by atoms with van der Waals surface area (Å²) >= 11 is 0. The topological polar surface area (TPSA) is 486 Å². The van der Waals surface area contributed by atoms with Crippen LogP contribution in [0.2, 0.25) is 0 Å². The molecule has 0 aliphatic carbocycles. The molecule has 17 N–H and O–H groups in total. The van der Waals surface area contributed by atoms with Crippen molar-refractivity contribution >= 4 is 0 Å². The third kappa shape index (κ3) is 12.1. The summed E-state index contributed by atoms with van der Waals surface area (Å²) in [6, 6.07) is 0. The van der Waals surface area contributed by atoms with Crippen molar-refractivity contribution in [1.29, 1.82) is 0 Å². The SMILES string of the molecule is CCC(OCC1CO1)O[C@@H]1[C@@H](O)[C@H]2O[C@H]3[C@H](O)[C@@H](O)[C@@H](O[C@H]4[C@H](O)[C@@H](O)[C@@H](O[C@H]5[C@H](O)[C@@H](O)[C@@H](O[C@H]6[C@H](O)[C@@H](O)[C@@H](O[C@H]7[C@H](O)[C@@H](O)[C@@H](O[C@H]1[C@@H](CO)O2)O[C@@H]7CO)O[C@@H]6CO)O[C@@H]5CO)O[C@@H]4CO)O[C@@H]3CO.